The molecule has 1 aromatic rings. The van der Waals surface area contributed by atoms with Gasteiger partial charge in [0, 0.05) is 11.0 Å². The lowest BCUT2D eigenvalue weighted by Gasteiger charge is -2.08. The van der Waals surface area contributed by atoms with Gasteiger partial charge in [-0.2, -0.15) is 0 Å². The van der Waals surface area contributed by atoms with Crippen molar-refractivity contribution in [3.8, 4) is 0 Å². The summed E-state index contributed by atoms with van der Waals surface area (Å²) in [6.45, 7) is 3.49. The number of sulfonamides is 1. The zero-order chi connectivity index (χ0) is 12.3. The average molecular weight is 309 g/mol. The molecule has 3 N–H and O–H groups in total. The van der Waals surface area contributed by atoms with Gasteiger partial charge in [0.25, 0.3) is 0 Å². The van der Waals surface area contributed by atoms with Crippen molar-refractivity contribution in [2.24, 2.45) is 0 Å². The van der Waals surface area contributed by atoms with Crippen molar-refractivity contribution >= 4 is 31.6 Å². The highest BCUT2D eigenvalue weighted by Gasteiger charge is 2.18. The van der Waals surface area contributed by atoms with E-state index in [2.05, 4.69) is 27.2 Å². The first-order chi connectivity index (χ1) is 7.34. The normalized spacial score (nSPS) is 11.4. The summed E-state index contributed by atoms with van der Waals surface area (Å²) in [5, 5.41) is 0. The molecule has 4 nitrogen and oxygen atoms in total. The fourth-order valence-corrected chi connectivity index (χ4v) is 2.49. The van der Waals surface area contributed by atoms with E-state index in [9.17, 15) is 12.8 Å². The second-order valence-electron chi connectivity index (χ2n) is 2.99. The third-order valence-corrected chi connectivity index (χ3v) is 3.50. The Kier molecular flexibility index (Phi) is 4.06. The first-order valence-electron chi connectivity index (χ1n) is 4.21. The topological polar surface area (TPSA) is 72.2 Å². The van der Waals surface area contributed by atoms with E-state index in [0.717, 1.165) is 6.07 Å². The van der Waals surface area contributed by atoms with Crippen molar-refractivity contribution in [1.82, 2.24) is 4.72 Å². The van der Waals surface area contributed by atoms with Crippen LogP contribution in [0.4, 0.5) is 10.1 Å². The summed E-state index contributed by atoms with van der Waals surface area (Å²) in [7, 11) is -3.81. The van der Waals surface area contributed by atoms with Crippen LogP contribution in [0.5, 0.6) is 0 Å². The number of nitrogen functional groups attached to an aromatic ring is 1. The Morgan fingerprint density at radius 1 is 1.56 bits per heavy atom. The largest absolute Gasteiger partial charge is 0.395 e. The molecular formula is C9H10BrFN2O2S. The van der Waals surface area contributed by atoms with E-state index in [4.69, 9.17) is 5.73 Å². The Labute approximate surface area is 102 Å². The molecule has 0 amide bonds. The number of para-hydroxylation sites is 1. The van der Waals surface area contributed by atoms with Gasteiger partial charge in [0.2, 0.25) is 10.0 Å². The summed E-state index contributed by atoms with van der Waals surface area (Å²) >= 11 is 3.01. The molecule has 0 saturated carbocycles. The van der Waals surface area contributed by atoms with Gasteiger partial charge in [-0.05, 0) is 12.1 Å². The molecular weight excluding hydrogens is 299 g/mol. The van der Waals surface area contributed by atoms with Crippen LogP contribution in [0.15, 0.2) is 34.2 Å². The first kappa shape index (κ1) is 13.1. The maximum atomic E-state index is 13.1. The lowest BCUT2D eigenvalue weighted by Crippen LogP contribution is -2.25. The number of hydrogen-bond donors (Lipinski definition) is 2. The van der Waals surface area contributed by atoms with Crippen molar-refractivity contribution in [1.29, 1.82) is 0 Å². The Hall–Kier alpha value is -0.920. The summed E-state index contributed by atoms with van der Waals surface area (Å²) in [6, 6.07) is 3.61. The molecule has 0 bridgehead atoms. The van der Waals surface area contributed by atoms with Gasteiger partial charge >= 0.3 is 0 Å². The van der Waals surface area contributed by atoms with Crippen molar-refractivity contribution in [2.75, 3.05) is 12.3 Å². The van der Waals surface area contributed by atoms with Gasteiger partial charge in [-0.3, -0.25) is 0 Å². The second-order valence-corrected chi connectivity index (χ2v) is 5.85. The molecule has 7 heteroatoms. The smallest absolute Gasteiger partial charge is 0.243 e. The lowest BCUT2D eigenvalue weighted by molar-refractivity contribution is 0.582. The van der Waals surface area contributed by atoms with Crippen LogP contribution in [-0.2, 0) is 10.0 Å². The Morgan fingerprint density at radius 2 is 2.19 bits per heavy atom. The fourth-order valence-electron chi connectivity index (χ4n) is 1.00. The molecule has 0 aliphatic carbocycles. The molecule has 0 spiro atoms. The van der Waals surface area contributed by atoms with E-state index in [1.807, 2.05) is 0 Å². The van der Waals surface area contributed by atoms with Gasteiger partial charge in [0.05, 0.1) is 5.69 Å². The van der Waals surface area contributed by atoms with Crippen molar-refractivity contribution in [3.63, 3.8) is 0 Å². The highest BCUT2D eigenvalue weighted by atomic mass is 79.9. The minimum atomic E-state index is -3.81. The van der Waals surface area contributed by atoms with E-state index in [-0.39, 0.29) is 11.4 Å². The number of benzene rings is 1. The molecule has 0 aliphatic rings. The van der Waals surface area contributed by atoms with E-state index in [0.29, 0.717) is 4.48 Å². The second kappa shape index (κ2) is 4.94. The molecule has 1 aromatic carbocycles. The zero-order valence-corrected chi connectivity index (χ0v) is 10.6. The van der Waals surface area contributed by atoms with Gasteiger partial charge < -0.3 is 5.73 Å². The van der Waals surface area contributed by atoms with Crippen LogP contribution in [0.25, 0.3) is 0 Å². The number of anilines is 1. The van der Waals surface area contributed by atoms with Gasteiger partial charge in [-0.1, -0.05) is 28.6 Å². The molecule has 88 valence electrons. The number of halogens is 2. The Morgan fingerprint density at radius 3 is 2.75 bits per heavy atom. The van der Waals surface area contributed by atoms with Gasteiger partial charge in [-0.25, -0.2) is 17.5 Å². The molecule has 0 aromatic heterocycles. The van der Waals surface area contributed by atoms with Gasteiger partial charge in [-0.15, -0.1) is 0 Å². The van der Waals surface area contributed by atoms with E-state index < -0.39 is 21.5 Å². The maximum absolute atomic E-state index is 13.1. The SMILES string of the molecule is C=C(Br)CNS(=O)(=O)c1cccc(F)c1N. The van der Waals surface area contributed by atoms with Crippen LogP contribution in [0, 0.1) is 5.82 Å². The molecule has 0 unspecified atom stereocenters. The van der Waals surface area contributed by atoms with Crippen molar-refractivity contribution in [2.45, 2.75) is 4.90 Å². The Balaban J connectivity index is 3.08. The number of nitrogens with one attached hydrogen (secondary N) is 1. The molecule has 0 atom stereocenters. The third-order valence-electron chi connectivity index (χ3n) is 1.76. The maximum Gasteiger partial charge on any atom is 0.243 e. The molecule has 0 radical (unpaired) electrons. The number of hydrogen-bond acceptors (Lipinski definition) is 3. The molecule has 0 aliphatic heterocycles. The van der Waals surface area contributed by atoms with E-state index in [1.165, 1.54) is 12.1 Å². The standard InChI is InChI=1S/C9H10BrFN2O2S/c1-6(10)5-13-16(14,15)8-4-2-3-7(11)9(8)12/h2-4,13H,1,5,12H2. The van der Waals surface area contributed by atoms with Crippen LogP contribution >= 0.6 is 15.9 Å². The Bertz CT molecular complexity index is 516. The highest BCUT2D eigenvalue weighted by molar-refractivity contribution is 9.11. The van der Waals surface area contributed by atoms with Crippen LogP contribution in [0.2, 0.25) is 0 Å². The summed E-state index contributed by atoms with van der Waals surface area (Å²) in [4.78, 5) is -0.277. The van der Waals surface area contributed by atoms with E-state index in [1.54, 1.807) is 0 Å². The summed E-state index contributed by atoms with van der Waals surface area (Å²) in [5.41, 5.74) is 4.95. The van der Waals surface area contributed by atoms with Crippen molar-refractivity contribution < 1.29 is 12.8 Å². The average Bonchev–Trinajstić information content (AvgIpc) is 2.19. The van der Waals surface area contributed by atoms with E-state index >= 15 is 0 Å². The van der Waals surface area contributed by atoms with Gasteiger partial charge in [0.1, 0.15) is 10.7 Å². The molecule has 16 heavy (non-hydrogen) atoms. The monoisotopic (exact) mass is 308 g/mol. The minimum Gasteiger partial charge on any atom is -0.395 e. The summed E-state index contributed by atoms with van der Waals surface area (Å²) in [6.07, 6.45) is 0. The summed E-state index contributed by atoms with van der Waals surface area (Å²) < 4.78 is 39.1. The zero-order valence-electron chi connectivity index (χ0n) is 8.20. The molecule has 0 heterocycles. The predicted molar refractivity (Wildman–Crippen MR) is 64.1 cm³/mol. The third kappa shape index (κ3) is 3.03. The number of nitrogens with two attached hydrogens (primary N) is 1. The minimum absolute atomic E-state index is 0.0122. The van der Waals surface area contributed by atoms with Crippen molar-refractivity contribution in [3.05, 3.63) is 35.1 Å². The molecule has 0 fully saturated rings. The molecule has 0 saturated heterocycles. The predicted octanol–water partition coefficient (Wildman–Crippen LogP) is 1.59. The number of rotatable bonds is 4. The molecule has 1 rings (SSSR count). The fraction of sp³-hybridized carbons (Fsp3) is 0.111. The quantitative estimate of drug-likeness (QED) is 0.830. The van der Waals surface area contributed by atoms with Crippen LogP contribution < -0.4 is 10.5 Å². The lowest BCUT2D eigenvalue weighted by atomic mass is 10.3. The highest BCUT2D eigenvalue weighted by Crippen LogP contribution is 2.20. The van der Waals surface area contributed by atoms with Crippen LogP contribution in [0.3, 0.4) is 0 Å². The van der Waals surface area contributed by atoms with Crippen LogP contribution in [0.1, 0.15) is 0 Å². The summed E-state index contributed by atoms with van der Waals surface area (Å²) in [5.74, 6) is -0.763. The van der Waals surface area contributed by atoms with Gasteiger partial charge in [0.15, 0.2) is 0 Å². The first-order valence-corrected chi connectivity index (χ1v) is 6.49. The van der Waals surface area contributed by atoms with Crippen LogP contribution in [-0.4, -0.2) is 15.0 Å².